The first-order valence-corrected chi connectivity index (χ1v) is 12.0. The first-order valence-electron chi connectivity index (χ1n) is 12.0. The Morgan fingerprint density at radius 2 is 2.00 bits per heavy atom. The molecule has 0 saturated heterocycles. The highest BCUT2D eigenvalue weighted by molar-refractivity contribution is 5.82. The molecule has 0 aromatic carbocycles. The molecule has 0 radical (unpaired) electrons. The molecule has 3 aliphatic rings. The van der Waals surface area contributed by atoms with Gasteiger partial charge in [0.1, 0.15) is 6.54 Å². The van der Waals surface area contributed by atoms with E-state index in [4.69, 9.17) is 0 Å². The fourth-order valence-corrected chi connectivity index (χ4v) is 7.87. The van der Waals surface area contributed by atoms with Crippen molar-refractivity contribution >= 4 is 5.78 Å². The average molecular weight is 385 g/mol. The number of Topliss-reactive ketones (excluding diaryl/α,β-unsaturated/α-hetero) is 1. The van der Waals surface area contributed by atoms with Crippen LogP contribution in [0.5, 0.6) is 0 Å². The molecule has 7 atom stereocenters. The minimum atomic E-state index is 0.231. The maximum atomic E-state index is 13.3. The van der Waals surface area contributed by atoms with Gasteiger partial charge < -0.3 is 0 Å². The molecule has 1 aromatic heterocycles. The molecule has 7 unspecified atom stereocenters. The molecule has 3 heteroatoms. The van der Waals surface area contributed by atoms with E-state index in [2.05, 4.69) is 25.9 Å². The van der Waals surface area contributed by atoms with Crippen LogP contribution in [0.4, 0.5) is 0 Å². The Morgan fingerprint density at radius 1 is 1.18 bits per heavy atom. The van der Waals surface area contributed by atoms with Crippen LogP contribution in [0.3, 0.4) is 0 Å². The predicted molar refractivity (Wildman–Crippen MR) is 114 cm³/mol. The van der Waals surface area contributed by atoms with Crippen molar-refractivity contribution in [1.82, 2.24) is 9.78 Å². The van der Waals surface area contributed by atoms with E-state index >= 15 is 0 Å². The molecule has 0 spiro atoms. The van der Waals surface area contributed by atoms with Gasteiger partial charge in [-0.25, -0.2) is 0 Å². The number of nitrogens with zero attached hydrogens (tertiary/aromatic N) is 2. The van der Waals surface area contributed by atoms with Gasteiger partial charge in [0.25, 0.3) is 0 Å². The molecule has 3 aliphatic carbocycles. The summed E-state index contributed by atoms with van der Waals surface area (Å²) in [6.45, 7) is 9.76. The summed E-state index contributed by atoms with van der Waals surface area (Å²) in [5, 5.41) is 4.36. The Morgan fingerprint density at radius 3 is 2.68 bits per heavy atom. The summed E-state index contributed by atoms with van der Waals surface area (Å²) in [6, 6.07) is 2.00. The quantitative estimate of drug-likeness (QED) is 0.598. The summed E-state index contributed by atoms with van der Waals surface area (Å²) in [5.74, 6) is 5.16. The SMILES string of the molecule is CCCC1C(CC)CCC2C1CCC1(C)C(C(=O)Cn3nccc3C)CCC21. The summed E-state index contributed by atoms with van der Waals surface area (Å²) in [5.41, 5.74) is 1.33. The lowest BCUT2D eigenvalue weighted by Gasteiger charge is -2.54. The third-order valence-corrected chi connectivity index (χ3v) is 9.29. The van der Waals surface area contributed by atoms with Crippen LogP contribution < -0.4 is 0 Å². The third-order valence-electron chi connectivity index (χ3n) is 9.29. The smallest absolute Gasteiger partial charge is 0.157 e. The minimum Gasteiger partial charge on any atom is -0.297 e. The zero-order chi connectivity index (χ0) is 19.9. The van der Waals surface area contributed by atoms with Gasteiger partial charge in [0.15, 0.2) is 5.78 Å². The Hall–Kier alpha value is -1.12. The van der Waals surface area contributed by atoms with E-state index in [1.54, 1.807) is 0 Å². The topological polar surface area (TPSA) is 34.9 Å². The van der Waals surface area contributed by atoms with Gasteiger partial charge >= 0.3 is 0 Å². The fourth-order valence-electron chi connectivity index (χ4n) is 7.87. The van der Waals surface area contributed by atoms with Gasteiger partial charge in [0, 0.05) is 17.8 Å². The number of carbonyl (C=O) groups is 1. The van der Waals surface area contributed by atoms with Crippen molar-refractivity contribution in [3.8, 4) is 0 Å². The average Bonchev–Trinajstić information content (AvgIpc) is 3.24. The second-order valence-electron chi connectivity index (χ2n) is 10.4. The van der Waals surface area contributed by atoms with Crippen molar-refractivity contribution in [3.63, 3.8) is 0 Å². The Balaban J connectivity index is 1.51. The molecule has 1 heterocycles. The second kappa shape index (κ2) is 7.95. The Labute approximate surface area is 171 Å². The molecule has 156 valence electrons. The summed E-state index contributed by atoms with van der Waals surface area (Å²) in [6.07, 6.45) is 13.8. The maximum absolute atomic E-state index is 13.3. The van der Waals surface area contributed by atoms with E-state index in [-0.39, 0.29) is 11.3 Å². The van der Waals surface area contributed by atoms with Gasteiger partial charge in [0.2, 0.25) is 0 Å². The number of fused-ring (bicyclic) bond motifs is 3. The van der Waals surface area contributed by atoms with E-state index in [0.717, 1.165) is 41.7 Å². The van der Waals surface area contributed by atoms with Gasteiger partial charge in [-0.3, -0.25) is 9.48 Å². The molecule has 0 aliphatic heterocycles. The highest BCUT2D eigenvalue weighted by Gasteiger charge is 2.57. The Kier molecular flexibility index (Phi) is 5.73. The monoisotopic (exact) mass is 384 g/mol. The molecule has 3 saturated carbocycles. The minimum absolute atomic E-state index is 0.231. The van der Waals surface area contributed by atoms with Crippen LogP contribution >= 0.6 is 0 Å². The van der Waals surface area contributed by atoms with Crippen molar-refractivity contribution in [2.24, 2.45) is 40.9 Å². The van der Waals surface area contributed by atoms with E-state index < -0.39 is 0 Å². The molecule has 3 fully saturated rings. The Bertz CT molecular complexity index is 694. The van der Waals surface area contributed by atoms with Crippen molar-refractivity contribution in [3.05, 3.63) is 18.0 Å². The summed E-state index contributed by atoms with van der Waals surface area (Å²) >= 11 is 0. The summed E-state index contributed by atoms with van der Waals surface area (Å²) < 4.78 is 1.90. The van der Waals surface area contributed by atoms with E-state index in [0.29, 0.717) is 12.3 Å². The third kappa shape index (κ3) is 3.27. The van der Waals surface area contributed by atoms with Crippen LogP contribution in [0.2, 0.25) is 0 Å². The van der Waals surface area contributed by atoms with Crippen molar-refractivity contribution in [2.75, 3.05) is 0 Å². The molecule has 3 nitrogen and oxygen atoms in total. The van der Waals surface area contributed by atoms with Gasteiger partial charge in [-0.2, -0.15) is 5.10 Å². The molecule has 4 rings (SSSR count). The number of ketones is 1. The van der Waals surface area contributed by atoms with Crippen LogP contribution in [0, 0.1) is 47.8 Å². The van der Waals surface area contributed by atoms with Crippen LogP contribution in [0.15, 0.2) is 12.3 Å². The van der Waals surface area contributed by atoms with Crippen LogP contribution in [0.25, 0.3) is 0 Å². The van der Waals surface area contributed by atoms with Gasteiger partial charge in [-0.1, -0.05) is 40.0 Å². The molecule has 0 amide bonds. The molecular formula is C25H40N2O. The van der Waals surface area contributed by atoms with Gasteiger partial charge in [-0.15, -0.1) is 0 Å². The zero-order valence-corrected chi connectivity index (χ0v) is 18.5. The highest BCUT2D eigenvalue weighted by atomic mass is 16.1. The second-order valence-corrected chi connectivity index (χ2v) is 10.4. The lowest BCUT2D eigenvalue weighted by Crippen LogP contribution is -2.48. The van der Waals surface area contributed by atoms with Crippen molar-refractivity contribution < 1.29 is 4.79 Å². The fraction of sp³-hybridized carbons (Fsp3) is 0.840. The standard InChI is InChI=1S/C25H40N2O/c1-5-7-19-18(6-2)8-9-21-20(19)12-14-25(4)22(21)10-11-23(25)24(28)16-27-17(3)13-15-26-27/h13,15,18-23H,5-12,14,16H2,1-4H3. The number of aromatic nitrogens is 2. The molecular weight excluding hydrogens is 344 g/mol. The van der Waals surface area contributed by atoms with Gasteiger partial charge in [-0.05, 0) is 86.5 Å². The maximum Gasteiger partial charge on any atom is 0.157 e. The normalized spacial score (nSPS) is 40.1. The summed E-state index contributed by atoms with van der Waals surface area (Å²) in [4.78, 5) is 13.3. The van der Waals surface area contributed by atoms with Crippen LogP contribution in [0.1, 0.15) is 84.3 Å². The largest absolute Gasteiger partial charge is 0.297 e. The predicted octanol–water partition coefficient (Wildman–Crippen LogP) is 6.06. The zero-order valence-electron chi connectivity index (χ0n) is 18.5. The van der Waals surface area contributed by atoms with Crippen LogP contribution in [-0.4, -0.2) is 15.6 Å². The number of carbonyl (C=O) groups excluding carboxylic acids is 1. The van der Waals surface area contributed by atoms with Crippen molar-refractivity contribution in [2.45, 2.75) is 92.0 Å². The number of aryl methyl sites for hydroxylation is 1. The molecule has 0 N–H and O–H groups in total. The van der Waals surface area contributed by atoms with E-state index in [1.807, 2.05) is 23.9 Å². The van der Waals surface area contributed by atoms with E-state index in [9.17, 15) is 4.79 Å². The molecule has 1 aromatic rings. The lowest BCUT2D eigenvalue weighted by atomic mass is 9.50. The van der Waals surface area contributed by atoms with Crippen molar-refractivity contribution in [1.29, 1.82) is 0 Å². The van der Waals surface area contributed by atoms with E-state index in [1.165, 1.54) is 51.4 Å². The van der Waals surface area contributed by atoms with Gasteiger partial charge in [0.05, 0.1) is 0 Å². The lowest BCUT2D eigenvalue weighted by molar-refractivity contribution is -0.130. The first-order chi connectivity index (χ1) is 13.5. The molecule has 28 heavy (non-hydrogen) atoms. The van der Waals surface area contributed by atoms with Crippen LogP contribution in [-0.2, 0) is 11.3 Å². The highest BCUT2D eigenvalue weighted by Crippen LogP contribution is 2.63. The molecule has 0 bridgehead atoms. The number of hydrogen-bond donors (Lipinski definition) is 0. The number of hydrogen-bond acceptors (Lipinski definition) is 2. The number of rotatable bonds is 6. The summed E-state index contributed by atoms with van der Waals surface area (Å²) in [7, 11) is 0. The first kappa shape index (κ1) is 20.2.